The normalized spacial score (nSPS) is 13.2. The van der Waals surface area contributed by atoms with E-state index in [9.17, 15) is 9.59 Å². The Morgan fingerprint density at radius 2 is 1.08 bits per heavy atom. The number of carbonyl (C=O) groups is 2. The molecule has 6 nitrogen and oxygen atoms in total. The van der Waals surface area contributed by atoms with Crippen LogP contribution in [0.5, 0.6) is 0 Å². The van der Waals surface area contributed by atoms with E-state index in [1.54, 1.807) is 0 Å². The minimum absolute atomic E-state index is 0. The summed E-state index contributed by atoms with van der Waals surface area (Å²) in [4.78, 5) is 19.5. The molecule has 4 N–H and O–H groups in total. The molecule has 0 fully saturated rings. The molecule has 0 spiro atoms. The molecule has 0 saturated heterocycles. The molecule has 0 radical (unpaired) electrons. The molecule has 0 aliphatic rings. The molecule has 0 bridgehead atoms. The first-order chi connectivity index (χ1) is 4.46. The van der Waals surface area contributed by atoms with E-state index in [4.69, 9.17) is 20.4 Å². The number of rotatable bonds is 3. The maximum Gasteiger partial charge on any atom is 1.00 e. The van der Waals surface area contributed by atoms with Crippen LogP contribution in [0.25, 0.3) is 0 Å². The maximum atomic E-state index is 9.77. The number of hydrogen-bond donors (Lipinski definition) is 4. The SMILES string of the molecule is O=C(O)[C@@H](O)[C@H](O)C(=O)O.[Br-].[Na+]. The molecule has 0 aromatic heterocycles. The second-order valence-corrected chi connectivity index (χ2v) is 1.57. The zero-order chi connectivity index (χ0) is 8.31. The van der Waals surface area contributed by atoms with Gasteiger partial charge < -0.3 is 37.4 Å². The molecule has 0 aromatic carbocycles. The number of aliphatic hydroxyl groups is 2. The van der Waals surface area contributed by atoms with Gasteiger partial charge in [0.1, 0.15) is 0 Å². The van der Waals surface area contributed by atoms with E-state index in [1.165, 1.54) is 0 Å². The van der Waals surface area contributed by atoms with Gasteiger partial charge >= 0.3 is 41.5 Å². The van der Waals surface area contributed by atoms with E-state index >= 15 is 0 Å². The van der Waals surface area contributed by atoms with E-state index in [-0.39, 0.29) is 46.5 Å². The van der Waals surface area contributed by atoms with Crippen LogP contribution >= 0.6 is 0 Å². The number of aliphatic carboxylic acids is 2. The van der Waals surface area contributed by atoms with Crippen molar-refractivity contribution >= 4 is 11.9 Å². The Bertz CT molecular complexity index is 144. The number of carboxylic acid groups (broad SMARTS) is 2. The van der Waals surface area contributed by atoms with E-state index in [0.717, 1.165) is 0 Å². The number of hydrogen-bond acceptors (Lipinski definition) is 4. The zero-order valence-electron chi connectivity index (χ0n) is 6.14. The second-order valence-electron chi connectivity index (χ2n) is 1.57. The molecular weight excluding hydrogens is 247 g/mol. The minimum Gasteiger partial charge on any atom is -1.00 e. The average Bonchev–Trinajstić information content (AvgIpc) is 1.84. The van der Waals surface area contributed by atoms with Crippen LogP contribution in [0.2, 0.25) is 0 Å². The largest absolute Gasteiger partial charge is 1.00 e. The quantitative estimate of drug-likeness (QED) is 0.371. The van der Waals surface area contributed by atoms with Gasteiger partial charge in [-0.2, -0.15) is 0 Å². The Morgan fingerprint density at radius 1 is 0.917 bits per heavy atom. The predicted octanol–water partition coefficient (Wildman–Crippen LogP) is -8.11. The molecule has 66 valence electrons. The van der Waals surface area contributed by atoms with Gasteiger partial charge in [-0.1, -0.05) is 0 Å². The summed E-state index contributed by atoms with van der Waals surface area (Å²) in [6.45, 7) is 0. The summed E-state index contributed by atoms with van der Waals surface area (Å²) in [5.41, 5.74) is 0. The fourth-order valence-corrected chi connectivity index (χ4v) is 0.270. The van der Waals surface area contributed by atoms with Gasteiger partial charge in [-0.25, -0.2) is 9.59 Å². The summed E-state index contributed by atoms with van der Waals surface area (Å²) in [5.74, 6) is -3.54. The van der Waals surface area contributed by atoms with Gasteiger partial charge in [0.2, 0.25) is 0 Å². The molecule has 0 aliphatic carbocycles. The zero-order valence-corrected chi connectivity index (χ0v) is 9.72. The summed E-state index contributed by atoms with van der Waals surface area (Å²) in [6, 6.07) is 0. The Labute approximate surface area is 100 Å². The minimum atomic E-state index is -2.27. The fraction of sp³-hybridized carbons (Fsp3) is 0.500. The first-order valence-electron chi connectivity index (χ1n) is 2.28. The molecule has 0 aliphatic heterocycles. The number of carboxylic acids is 2. The van der Waals surface area contributed by atoms with Gasteiger partial charge in [-0.3, -0.25) is 0 Å². The van der Waals surface area contributed by atoms with Crippen molar-refractivity contribution in [3.05, 3.63) is 0 Å². The Morgan fingerprint density at radius 3 is 1.17 bits per heavy atom. The van der Waals surface area contributed by atoms with Crippen molar-refractivity contribution < 1.29 is 76.6 Å². The Balaban J connectivity index is -0.000000405. The van der Waals surface area contributed by atoms with E-state index in [0.29, 0.717) is 0 Å². The van der Waals surface area contributed by atoms with Crippen molar-refractivity contribution in [1.82, 2.24) is 0 Å². The smallest absolute Gasteiger partial charge is 1.00 e. The van der Waals surface area contributed by atoms with Crippen LogP contribution in [0.4, 0.5) is 0 Å². The molecular formula is C4H6BrNaO6. The Hall–Kier alpha value is 0.340. The van der Waals surface area contributed by atoms with Crippen molar-refractivity contribution in [2.75, 3.05) is 0 Å². The first kappa shape index (κ1) is 18.2. The van der Waals surface area contributed by atoms with Crippen molar-refractivity contribution in [2.24, 2.45) is 0 Å². The van der Waals surface area contributed by atoms with Crippen LogP contribution in [0.3, 0.4) is 0 Å². The third-order valence-corrected chi connectivity index (χ3v) is 0.805. The van der Waals surface area contributed by atoms with Crippen molar-refractivity contribution in [3.63, 3.8) is 0 Å². The molecule has 8 heteroatoms. The van der Waals surface area contributed by atoms with E-state index < -0.39 is 24.1 Å². The fourth-order valence-electron chi connectivity index (χ4n) is 0.270. The third kappa shape index (κ3) is 5.92. The number of halogens is 1. The van der Waals surface area contributed by atoms with Crippen molar-refractivity contribution in [3.8, 4) is 0 Å². The van der Waals surface area contributed by atoms with Crippen LogP contribution in [-0.4, -0.2) is 44.6 Å². The van der Waals surface area contributed by atoms with Gasteiger partial charge in [-0.15, -0.1) is 0 Å². The van der Waals surface area contributed by atoms with Crippen LogP contribution in [0.1, 0.15) is 0 Å². The maximum absolute atomic E-state index is 9.77. The molecule has 0 unspecified atom stereocenters. The molecule has 0 saturated carbocycles. The molecule has 0 amide bonds. The van der Waals surface area contributed by atoms with E-state index in [1.807, 2.05) is 0 Å². The molecule has 12 heavy (non-hydrogen) atoms. The summed E-state index contributed by atoms with van der Waals surface area (Å²) in [6.07, 6.45) is -4.53. The van der Waals surface area contributed by atoms with E-state index in [2.05, 4.69) is 0 Å². The van der Waals surface area contributed by atoms with Crippen molar-refractivity contribution in [1.29, 1.82) is 0 Å². The first-order valence-corrected chi connectivity index (χ1v) is 2.28. The topological polar surface area (TPSA) is 115 Å². The van der Waals surface area contributed by atoms with Crippen molar-refractivity contribution in [2.45, 2.75) is 12.2 Å². The summed E-state index contributed by atoms with van der Waals surface area (Å²) >= 11 is 0. The Kier molecular flexibility index (Phi) is 12.1. The van der Waals surface area contributed by atoms with Crippen LogP contribution < -0.4 is 46.5 Å². The average molecular weight is 253 g/mol. The third-order valence-electron chi connectivity index (χ3n) is 0.805. The summed E-state index contributed by atoms with van der Waals surface area (Å²) in [7, 11) is 0. The van der Waals surface area contributed by atoms with Gasteiger partial charge in [0.25, 0.3) is 0 Å². The van der Waals surface area contributed by atoms with Crippen LogP contribution in [-0.2, 0) is 9.59 Å². The molecule has 2 atom stereocenters. The predicted molar refractivity (Wildman–Crippen MR) is 27.3 cm³/mol. The van der Waals surface area contributed by atoms with Gasteiger partial charge in [0, 0.05) is 0 Å². The summed E-state index contributed by atoms with van der Waals surface area (Å²) in [5, 5.41) is 32.5. The standard InChI is InChI=1S/C4H6O6.BrH.Na/c5-1(3(7)8)2(6)4(9)10;;/h1-2,5-6H,(H,7,8)(H,9,10);1H;/q;;+1/p-1/t1-,2-;;/m0../s1. The molecule has 0 heterocycles. The van der Waals surface area contributed by atoms with Gasteiger partial charge in [-0.05, 0) is 0 Å². The van der Waals surface area contributed by atoms with Crippen LogP contribution in [0, 0.1) is 0 Å². The monoisotopic (exact) mass is 252 g/mol. The second kappa shape index (κ2) is 7.96. The number of aliphatic hydroxyl groups excluding tert-OH is 2. The summed E-state index contributed by atoms with van der Waals surface area (Å²) < 4.78 is 0. The van der Waals surface area contributed by atoms with Gasteiger partial charge in [0.05, 0.1) is 0 Å². The van der Waals surface area contributed by atoms with Gasteiger partial charge in [0.15, 0.2) is 12.2 Å². The molecule has 0 aromatic rings. The van der Waals surface area contributed by atoms with Crippen LogP contribution in [0.15, 0.2) is 0 Å². The molecule has 0 rings (SSSR count).